The lowest BCUT2D eigenvalue weighted by Gasteiger charge is -2.35. The quantitative estimate of drug-likeness (QED) is 0.634. The minimum Gasteiger partial charge on any atom is -0.395 e. The first-order valence-electron chi connectivity index (χ1n) is 12.4. The second-order valence-corrected chi connectivity index (χ2v) is 11.4. The van der Waals surface area contributed by atoms with Gasteiger partial charge >= 0.3 is 0 Å². The van der Waals surface area contributed by atoms with Gasteiger partial charge in [-0.15, -0.1) is 11.8 Å². The third kappa shape index (κ3) is 3.64. The van der Waals surface area contributed by atoms with Crippen LogP contribution >= 0.6 is 11.8 Å². The average molecular weight is 496 g/mol. The molecule has 1 N–H and O–H groups in total. The molecule has 0 radical (unpaired) electrons. The fourth-order valence-corrected chi connectivity index (χ4v) is 8.24. The summed E-state index contributed by atoms with van der Waals surface area (Å²) in [6.45, 7) is 7.44. The van der Waals surface area contributed by atoms with Crippen LogP contribution in [0.2, 0.25) is 0 Å². The van der Waals surface area contributed by atoms with Crippen molar-refractivity contribution in [3.63, 3.8) is 0 Å². The van der Waals surface area contributed by atoms with Crippen molar-refractivity contribution in [3.05, 3.63) is 53.6 Å². The van der Waals surface area contributed by atoms with Gasteiger partial charge in [0.15, 0.2) is 0 Å². The van der Waals surface area contributed by atoms with Crippen molar-refractivity contribution in [2.24, 2.45) is 11.8 Å². The first-order valence-corrected chi connectivity index (χ1v) is 13.3. The maximum atomic E-state index is 14.3. The van der Waals surface area contributed by atoms with E-state index in [1.54, 1.807) is 16.7 Å². The van der Waals surface area contributed by atoms with Gasteiger partial charge in [-0.1, -0.05) is 43.4 Å². The molecule has 1 aromatic carbocycles. The number of anilines is 1. The highest BCUT2D eigenvalue weighted by molar-refractivity contribution is 8.02. The molecule has 0 bridgehead atoms. The Morgan fingerprint density at radius 2 is 1.86 bits per heavy atom. The zero-order chi connectivity index (χ0) is 24.9. The SMILES string of the molecule is CCCN1CC=C[C@@H]2S[C@]34C=CCN(c5cc(C)ccc5C)C(=O)C3N(CCO)C(=O)[C@@H]4[C@@H]2C1=O. The molecular weight excluding hydrogens is 462 g/mol. The van der Waals surface area contributed by atoms with Gasteiger partial charge in [0.2, 0.25) is 11.8 Å². The van der Waals surface area contributed by atoms with Gasteiger partial charge in [-0.05, 0) is 37.5 Å². The van der Waals surface area contributed by atoms with Crippen LogP contribution in [0.1, 0.15) is 24.5 Å². The van der Waals surface area contributed by atoms with Gasteiger partial charge in [-0.25, -0.2) is 0 Å². The predicted molar refractivity (Wildman–Crippen MR) is 137 cm³/mol. The Hall–Kier alpha value is -2.58. The molecule has 4 aliphatic heterocycles. The highest BCUT2D eigenvalue weighted by Gasteiger charge is 2.71. The van der Waals surface area contributed by atoms with Gasteiger partial charge in [0.05, 0.1) is 23.2 Å². The molecule has 2 saturated heterocycles. The maximum absolute atomic E-state index is 14.3. The summed E-state index contributed by atoms with van der Waals surface area (Å²) in [7, 11) is 0. The van der Waals surface area contributed by atoms with Crippen molar-refractivity contribution >= 4 is 35.2 Å². The molecule has 186 valence electrons. The largest absolute Gasteiger partial charge is 0.395 e. The van der Waals surface area contributed by atoms with Gasteiger partial charge in [0.1, 0.15) is 6.04 Å². The first kappa shape index (κ1) is 24.1. The van der Waals surface area contributed by atoms with Crippen LogP contribution in [0.4, 0.5) is 5.69 Å². The molecule has 7 nitrogen and oxygen atoms in total. The zero-order valence-electron chi connectivity index (χ0n) is 20.5. The summed E-state index contributed by atoms with van der Waals surface area (Å²) in [4.78, 5) is 47.0. The van der Waals surface area contributed by atoms with Crippen molar-refractivity contribution in [2.75, 3.05) is 37.7 Å². The topological polar surface area (TPSA) is 81.2 Å². The van der Waals surface area contributed by atoms with E-state index in [4.69, 9.17) is 0 Å². The molecule has 2 fully saturated rings. The number of β-amino-alcohol motifs (C(OH)–C–C–N with tert-alkyl or cyclic N) is 1. The average Bonchev–Trinajstić information content (AvgIpc) is 3.14. The van der Waals surface area contributed by atoms with Gasteiger partial charge in [0.25, 0.3) is 5.91 Å². The molecule has 5 rings (SSSR count). The summed E-state index contributed by atoms with van der Waals surface area (Å²) >= 11 is 1.58. The van der Waals surface area contributed by atoms with Crippen LogP contribution in [0.5, 0.6) is 0 Å². The molecule has 1 unspecified atom stereocenters. The van der Waals surface area contributed by atoms with Crippen LogP contribution in [0.15, 0.2) is 42.5 Å². The van der Waals surface area contributed by atoms with Crippen LogP contribution in [0.25, 0.3) is 0 Å². The number of fused-ring (bicyclic) bond motifs is 2. The number of carbonyl (C=O) groups is 3. The third-order valence-corrected chi connectivity index (χ3v) is 9.48. The maximum Gasteiger partial charge on any atom is 0.251 e. The van der Waals surface area contributed by atoms with Crippen LogP contribution < -0.4 is 4.90 Å². The number of amides is 3. The van der Waals surface area contributed by atoms with E-state index in [0.717, 1.165) is 23.2 Å². The minimum absolute atomic E-state index is 0.00865. The Morgan fingerprint density at radius 3 is 2.60 bits per heavy atom. The molecule has 4 aliphatic rings. The highest BCUT2D eigenvalue weighted by Crippen LogP contribution is 2.61. The molecule has 35 heavy (non-hydrogen) atoms. The number of aliphatic hydroxyl groups excluding tert-OH is 1. The molecule has 1 spiro atoms. The molecule has 1 aromatic rings. The lowest BCUT2D eigenvalue weighted by molar-refractivity contribution is -0.143. The summed E-state index contributed by atoms with van der Waals surface area (Å²) in [5.74, 6) is -1.52. The van der Waals surface area contributed by atoms with E-state index < -0.39 is 22.6 Å². The normalized spacial score (nSPS) is 32.0. The summed E-state index contributed by atoms with van der Waals surface area (Å²) < 4.78 is -0.847. The molecule has 5 atom stereocenters. The van der Waals surface area contributed by atoms with E-state index in [2.05, 4.69) is 6.08 Å². The van der Waals surface area contributed by atoms with Crippen molar-refractivity contribution in [3.8, 4) is 0 Å². The van der Waals surface area contributed by atoms with Gasteiger partial charge in [0, 0.05) is 37.1 Å². The number of rotatable bonds is 5. The number of hydrogen-bond donors (Lipinski definition) is 1. The number of likely N-dealkylation sites (tertiary alicyclic amines) is 1. The first-order chi connectivity index (χ1) is 16.8. The number of aryl methyl sites for hydroxylation is 2. The number of benzene rings is 1. The van der Waals surface area contributed by atoms with Crippen molar-refractivity contribution in [1.82, 2.24) is 9.80 Å². The number of thioether (sulfide) groups is 1. The van der Waals surface area contributed by atoms with Crippen molar-refractivity contribution in [2.45, 2.75) is 43.2 Å². The van der Waals surface area contributed by atoms with Crippen LogP contribution in [-0.2, 0) is 14.4 Å². The van der Waals surface area contributed by atoms with E-state index in [9.17, 15) is 19.5 Å². The lowest BCUT2D eigenvalue weighted by atomic mass is 9.78. The standard InChI is InChI=1S/C27H33N3O4S/c1-4-11-28-12-5-7-20-21(24(28)32)22-25(33)30(14-15-31)23-26(34)29(13-6-10-27(22,23)35-20)19-16-17(2)8-9-18(19)3/h5-10,16,20-23,31H,4,11-15H2,1-3H3/t20-,21+,22-,23?,27-/m0/s1. The second-order valence-electron chi connectivity index (χ2n) is 9.95. The van der Waals surface area contributed by atoms with Crippen molar-refractivity contribution < 1.29 is 19.5 Å². The molecule has 0 aromatic heterocycles. The summed E-state index contributed by atoms with van der Waals surface area (Å²) in [6.07, 6.45) is 8.93. The number of aliphatic hydroxyl groups is 1. The number of carbonyl (C=O) groups excluding carboxylic acids is 3. The molecular formula is C27H33N3O4S. The van der Waals surface area contributed by atoms with Gasteiger partial charge in [-0.3, -0.25) is 14.4 Å². The second kappa shape index (κ2) is 9.13. The van der Waals surface area contributed by atoms with Crippen molar-refractivity contribution in [1.29, 1.82) is 0 Å². The summed E-state index contributed by atoms with van der Waals surface area (Å²) in [5, 5.41) is 9.66. The number of nitrogens with zero attached hydrogens (tertiary/aromatic N) is 3. The highest BCUT2D eigenvalue weighted by atomic mass is 32.2. The van der Waals surface area contributed by atoms with Crippen LogP contribution in [0, 0.1) is 25.7 Å². The zero-order valence-corrected chi connectivity index (χ0v) is 21.3. The van der Waals surface area contributed by atoms with Crippen LogP contribution in [-0.4, -0.2) is 81.5 Å². The van der Waals surface area contributed by atoms with E-state index in [1.807, 2.05) is 62.1 Å². The summed E-state index contributed by atoms with van der Waals surface area (Å²) in [5.41, 5.74) is 2.87. The molecule has 0 saturated carbocycles. The molecule has 0 aliphatic carbocycles. The Bertz CT molecular complexity index is 1120. The summed E-state index contributed by atoms with van der Waals surface area (Å²) in [6, 6.07) is 5.25. The van der Waals surface area contributed by atoms with E-state index in [0.29, 0.717) is 19.6 Å². The minimum atomic E-state index is -0.847. The Balaban J connectivity index is 1.61. The van der Waals surface area contributed by atoms with E-state index in [-0.39, 0.29) is 36.1 Å². The number of hydrogen-bond acceptors (Lipinski definition) is 5. The third-order valence-electron chi connectivity index (χ3n) is 7.73. The van der Waals surface area contributed by atoms with Gasteiger partial charge < -0.3 is 19.8 Å². The Kier molecular flexibility index (Phi) is 6.30. The smallest absolute Gasteiger partial charge is 0.251 e. The Labute approximate surface area is 210 Å². The lowest BCUT2D eigenvalue weighted by Crippen LogP contribution is -2.54. The van der Waals surface area contributed by atoms with Crippen LogP contribution in [0.3, 0.4) is 0 Å². The fourth-order valence-electron chi connectivity index (χ4n) is 6.23. The van der Waals surface area contributed by atoms with E-state index >= 15 is 0 Å². The van der Waals surface area contributed by atoms with E-state index in [1.165, 1.54) is 4.90 Å². The molecule has 3 amide bonds. The molecule has 8 heteroatoms. The fraction of sp³-hybridized carbons (Fsp3) is 0.519. The predicted octanol–water partition coefficient (Wildman–Crippen LogP) is 2.30. The monoisotopic (exact) mass is 495 g/mol. The van der Waals surface area contributed by atoms with Gasteiger partial charge in [-0.2, -0.15) is 0 Å². The Morgan fingerprint density at radius 1 is 1.06 bits per heavy atom. The molecule has 4 heterocycles.